The molecular formula is C22H16ClF3O5S. The number of benzene rings is 3. The van der Waals surface area contributed by atoms with Gasteiger partial charge in [-0.1, -0.05) is 41.9 Å². The second-order valence-corrected chi connectivity index (χ2v) is 9.29. The molecule has 0 fully saturated rings. The molecule has 0 heterocycles. The summed E-state index contributed by atoms with van der Waals surface area (Å²) < 4.78 is 71.7. The average Bonchev–Trinajstić information content (AvgIpc) is 2.66. The van der Waals surface area contributed by atoms with E-state index in [4.69, 9.17) is 21.4 Å². The number of aliphatic carboxylic acids is 1. The van der Waals surface area contributed by atoms with E-state index in [1.165, 1.54) is 18.2 Å². The zero-order valence-corrected chi connectivity index (χ0v) is 17.8. The highest BCUT2D eigenvalue weighted by atomic mass is 35.5. The van der Waals surface area contributed by atoms with Gasteiger partial charge >= 0.3 is 12.1 Å². The van der Waals surface area contributed by atoms with E-state index in [9.17, 15) is 26.4 Å². The molecule has 0 spiro atoms. The fraction of sp³-hybridized carbons (Fsp3) is 0.136. The SMILES string of the molecule is O=C(O)Cc1cc(Cl)cc(Oc2ccc(S(=O)(=O)Cc3ccccc3)cc2C(F)(F)F)c1. The summed E-state index contributed by atoms with van der Waals surface area (Å²) in [6.45, 7) is 0. The van der Waals surface area contributed by atoms with Crippen LogP contribution in [0.4, 0.5) is 13.2 Å². The Kier molecular flexibility index (Phi) is 6.80. The first-order valence-corrected chi connectivity index (χ1v) is 11.1. The molecular weight excluding hydrogens is 469 g/mol. The van der Waals surface area contributed by atoms with Gasteiger partial charge in [0.1, 0.15) is 11.5 Å². The van der Waals surface area contributed by atoms with Gasteiger partial charge in [-0.25, -0.2) is 8.42 Å². The molecule has 0 saturated carbocycles. The van der Waals surface area contributed by atoms with E-state index in [1.54, 1.807) is 30.3 Å². The third kappa shape index (κ3) is 6.02. The van der Waals surface area contributed by atoms with Crippen LogP contribution in [0.25, 0.3) is 0 Å². The summed E-state index contributed by atoms with van der Waals surface area (Å²) in [6, 6.07) is 14.4. The van der Waals surface area contributed by atoms with Crippen LogP contribution in [0.5, 0.6) is 11.5 Å². The van der Waals surface area contributed by atoms with Gasteiger partial charge in [-0.05, 0) is 47.5 Å². The summed E-state index contributed by atoms with van der Waals surface area (Å²) in [6.07, 6.45) is -5.31. The highest BCUT2D eigenvalue weighted by molar-refractivity contribution is 7.90. The van der Waals surface area contributed by atoms with Gasteiger partial charge in [0.05, 0.1) is 22.6 Å². The molecule has 0 radical (unpaired) electrons. The van der Waals surface area contributed by atoms with Crippen LogP contribution in [0, 0.1) is 0 Å². The topological polar surface area (TPSA) is 80.7 Å². The van der Waals surface area contributed by atoms with Crippen LogP contribution in [-0.2, 0) is 33.0 Å². The summed E-state index contributed by atoms with van der Waals surface area (Å²) in [5, 5.41) is 8.99. The molecule has 3 aromatic carbocycles. The number of carbonyl (C=O) groups is 1. The summed E-state index contributed by atoms with van der Waals surface area (Å²) >= 11 is 5.92. The van der Waals surface area contributed by atoms with E-state index in [0.717, 1.165) is 12.1 Å². The zero-order valence-electron chi connectivity index (χ0n) is 16.3. The molecule has 3 aromatic rings. The highest BCUT2D eigenvalue weighted by Gasteiger charge is 2.36. The third-order valence-electron chi connectivity index (χ3n) is 4.33. The summed E-state index contributed by atoms with van der Waals surface area (Å²) in [7, 11) is -4.05. The molecule has 0 aliphatic rings. The van der Waals surface area contributed by atoms with Crippen LogP contribution >= 0.6 is 11.6 Å². The second kappa shape index (κ2) is 9.22. The highest BCUT2D eigenvalue weighted by Crippen LogP contribution is 2.40. The number of alkyl halides is 3. The molecule has 0 atom stereocenters. The van der Waals surface area contributed by atoms with Crippen molar-refractivity contribution in [3.63, 3.8) is 0 Å². The number of carboxylic acid groups (broad SMARTS) is 1. The Labute approximate surface area is 186 Å². The van der Waals surface area contributed by atoms with Crippen LogP contribution in [0.3, 0.4) is 0 Å². The van der Waals surface area contributed by atoms with Crippen molar-refractivity contribution in [3.8, 4) is 11.5 Å². The van der Waals surface area contributed by atoms with Crippen LogP contribution in [0.1, 0.15) is 16.7 Å². The van der Waals surface area contributed by atoms with Crippen molar-refractivity contribution in [2.24, 2.45) is 0 Å². The average molecular weight is 485 g/mol. The number of halogens is 4. The van der Waals surface area contributed by atoms with Crippen molar-refractivity contribution in [1.82, 2.24) is 0 Å². The van der Waals surface area contributed by atoms with Gasteiger partial charge in [-0.2, -0.15) is 13.2 Å². The van der Waals surface area contributed by atoms with Gasteiger partial charge in [-0.15, -0.1) is 0 Å². The fourth-order valence-electron chi connectivity index (χ4n) is 2.97. The van der Waals surface area contributed by atoms with E-state index >= 15 is 0 Å². The number of sulfone groups is 1. The van der Waals surface area contributed by atoms with Crippen LogP contribution in [0.15, 0.2) is 71.6 Å². The van der Waals surface area contributed by atoms with Crippen LogP contribution in [0.2, 0.25) is 5.02 Å². The van der Waals surface area contributed by atoms with Crippen LogP contribution in [-0.4, -0.2) is 19.5 Å². The van der Waals surface area contributed by atoms with Crippen LogP contribution < -0.4 is 4.74 Å². The molecule has 5 nitrogen and oxygen atoms in total. The Bertz CT molecular complexity index is 1240. The van der Waals surface area contributed by atoms with Gasteiger partial charge < -0.3 is 9.84 Å². The Morgan fingerprint density at radius 2 is 1.66 bits per heavy atom. The molecule has 1 N–H and O–H groups in total. The summed E-state index contributed by atoms with van der Waals surface area (Å²) in [4.78, 5) is 10.4. The molecule has 10 heteroatoms. The maximum atomic E-state index is 13.7. The lowest BCUT2D eigenvalue weighted by Gasteiger charge is -2.16. The number of hydrogen-bond donors (Lipinski definition) is 1. The molecule has 168 valence electrons. The lowest BCUT2D eigenvalue weighted by atomic mass is 10.1. The predicted octanol–water partition coefficient (Wildman–Crippen LogP) is 5.75. The van der Waals surface area contributed by atoms with Gasteiger partial charge in [0.25, 0.3) is 0 Å². The standard InChI is InChI=1S/C22H16ClF3O5S/c23-16-8-15(10-21(27)28)9-17(11-16)31-20-7-6-18(12-19(20)22(24,25)26)32(29,30)13-14-4-2-1-3-5-14/h1-9,11-12H,10,13H2,(H,27,28). The van der Waals surface area contributed by atoms with E-state index in [0.29, 0.717) is 11.6 Å². The Hall–Kier alpha value is -3.04. The van der Waals surface area contributed by atoms with Crippen molar-refractivity contribution in [2.45, 2.75) is 23.2 Å². The normalized spacial score (nSPS) is 11.9. The molecule has 3 rings (SSSR count). The van der Waals surface area contributed by atoms with Crippen molar-refractivity contribution in [1.29, 1.82) is 0 Å². The zero-order chi connectivity index (χ0) is 23.5. The van der Waals surface area contributed by atoms with Gasteiger partial charge in [0, 0.05) is 5.02 Å². The maximum Gasteiger partial charge on any atom is 0.420 e. The Morgan fingerprint density at radius 1 is 0.969 bits per heavy atom. The number of rotatable bonds is 7. The smallest absolute Gasteiger partial charge is 0.420 e. The molecule has 0 aliphatic heterocycles. The maximum absolute atomic E-state index is 13.7. The lowest BCUT2D eigenvalue weighted by molar-refractivity contribution is -0.139. The van der Waals surface area contributed by atoms with Crippen molar-refractivity contribution in [3.05, 3.63) is 88.4 Å². The quantitative estimate of drug-likeness (QED) is 0.461. The van der Waals surface area contributed by atoms with Crippen molar-refractivity contribution < 1.29 is 36.2 Å². The van der Waals surface area contributed by atoms with Gasteiger partial charge in [0.2, 0.25) is 0 Å². The predicted molar refractivity (Wildman–Crippen MR) is 112 cm³/mol. The van der Waals surface area contributed by atoms with Crippen molar-refractivity contribution >= 4 is 27.4 Å². The van der Waals surface area contributed by atoms with E-state index < -0.39 is 50.4 Å². The second-order valence-electron chi connectivity index (χ2n) is 6.87. The molecule has 0 amide bonds. The number of hydrogen-bond acceptors (Lipinski definition) is 4. The minimum Gasteiger partial charge on any atom is -0.481 e. The molecule has 0 saturated heterocycles. The van der Waals surface area contributed by atoms with Gasteiger partial charge in [0.15, 0.2) is 9.84 Å². The largest absolute Gasteiger partial charge is 0.481 e. The van der Waals surface area contributed by atoms with E-state index in [-0.39, 0.29) is 16.3 Å². The molecule has 0 aromatic heterocycles. The molecule has 0 aliphatic carbocycles. The lowest BCUT2D eigenvalue weighted by Crippen LogP contribution is -2.11. The minimum atomic E-state index is -4.91. The summed E-state index contributed by atoms with van der Waals surface area (Å²) in [5.41, 5.74) is -0.617. The molecule has 32 heavy (non-hydrogen) atoms. The Morgan fingerprint density at radius 3 is 2.28 bits per heavy atom. The third-order valence-corrected chi connectivity index (χ3v) is 6.23. The first-order chi connectivity index (χ1) is 14.9. The summed E-state index contributed by atoms with van der Waals surface area (Å²) in [5.74, 6) is -2.36. The molecule has 0 unspecified atom stereocenters. The van der Waals surface area contributed by atoms with E-state index in [2.05, 4.69) is 0 Å². The first-order valence-electron chi connectivity index (χ1n) is 9.11. The number of carboxylic acids is 1. The number of ether oxygens (including phenoxy) is 1. The van der Waals surface area contributed by atoms with E-state index in [1.807, 2.05) is 0 Å². The fourth-order valence-corrected chi connectivity index (χ4v) is 4.59. The molecule has 0 bridgehead atoms. The van der Waals surface area contributed by atoms with Gasteiger partial charge in [-0.3, -0.25) is 4.79 Å². The monoisotopic (exact) mass is 484 g/mol. The Balaban J connectivity index is 1.98. The minimum absolute atomic E-state index is 0.0781. The van der Waals surface area contributed by atoms with Crippen molar-refractivity contribution in [2.75, 3.05) is 0 Å². The first kappa shape index (κ1) is 23.6.